The first-order chi connectivity index (χ1) is 25.8. The molecule has 0 radical (unpaired) electrons. The lowest BCUT2D eigenvalue weighted by Gasteiger charge is -2.25. The summed E-state index contributed by atoms with van der Waals surface area (Å²) in [5.74, 6) is 0.837. The summed E-state index contributed by atoms with van der Waals surface area (Å²) in [6.07, 6.45) is 12.2. The summed E-state index contributed by atoms with van der Waals surface area (Å²) in [6, 6.07) is 47.8. The van der Waals surface area contributed by atoms with Crippen molar-refractivity contribution in [2.24, 2.45) is 4.99 Å². The Bertz CT molecular complexity index is 2750. The maximum Gasteiger partial charge on any atom is 0.133 e. The van der Waals surface area contributed by atoms with Crippen LogP contribution in [0.4, 0.5) is 0 Å². The molecule has 5 aromatic carbocycles. The minimum absolute atomic E-state index is 0.178. The molecule has 1 atom stereocenters. The van der Waals surface area contributed by atoms with E-state index in [4.69, 9.17) is 4.99 Å². The summed E-state index contributed by atoms with van der Waals surface area (Å²) in [7, 11) is 0. The molecule has 6 heteroatoms. The van der Waals surface area contributed by atoms with Crippen molar-refractivity contribution in [1.29, 1.82) is 0 Å². The van der Waals surface area contributed by atoms with Crippen molar-refractivity contribution < 1.29 is 0 Å². The lowest BCUT2D eigenvalue weighted by Crippen LogP contribution is -2.30. The third kappa shape index (κ3) is 5.15. The molecule has 0 aliphatic carbocycles. The molecule has 5 heterocycles. The van der Waals surface area contributed by atoms with Crippen LogP contribution in [0, 0.1) is 0 Å². The molecule has 8 aromatic rings. The third-order valence-corrected chi connectivity index (χ3v) is 11.3. The fourth-order valence-electron chi connectivity index (χ4n) is 7.60. The number of fused-ring (bicyclic) bond motifs is 5. The van der Waals surface area contributed by atoms with Gasteiger partial charge in [0.15, 0.2) is 0 Å². The van der Waals surface area contributed by atoms with E-state index in [2.05, 4.69) is 160 Å². The highest BCUT2D eigenvalue weighted by Gasteiger charge is 2.23. The lowest BCUT2D eigenvalue weighted by atomic mass is 9.98. The van der Waals surface area contributed by atoms with E-state index < -0.39 is 0 Å². The van der Waals surface area contributed by atoms with Crippen molar-refractivity contribution in [1.82, 2.24) is 20.2 Å². The number of hydrogen-bond acceptors (Lipinski definition) is 5. The Labute approximate surface area is 305 Å². The van der Waals surface area contributed by atoms with Crippen LogP contribution < -0.4 is 10.6 Å². The molecular formula is C46H33N5S. The molecule has 3 aromatic heterocycles. The van der Waals surface area contributed by atoms with E-state index in [-0.39, 0.29) is 6.04 Å². The number of hydrogen-bond donors (Lipinski definition) is 2. The molecule has 2 N–H and O–H groups in total. The molecule has 0 amide bonds. The molecular weight excluding hydrogens is 655 g/mol. The van der Waals surface area contributed by atoms with Crippen molar-refractivity contribution in [2.45, 2.75) is 6.04 Å². The maximum absolute atomic E-state index is 5.25. The standard InChI is InChI=1S/C46H33N5S/c1-3-10-31(11-4-1)42-37-18-19-41-43(45(37)52-44(42)32-12-5-2-6-13-32)36-16-7-8-17-40(36)51(41)35-15-9-14-34(28-35)39-29-38(30-20-24-47-25-21-30)49-46(50-39)33-22-26-48-27-23-33/h1-24,26-29,39,47H,25H2,(H,49,50). The van der Waals surface area contributed by atoms with E-state index in [1.165, 1.54) is 53.5 Å². The molecule has 52 heavy (non-hydrogen) atoms. The first-order valence-corrected chi connectivity index (χ1v) is 18.4. The van der Waals surface area contributed by atoms with E-state index >= 15 is 0 Å². The summed E-state index contributed by atoms with van der Waals surface area (Å²) in [5.41, 5.74) is 11.6. The topological polar surface area (TPSA) is 54.2 Å². The molecule has 2 aliphatic rings. The van der Waals surface area contributed by atoms with Crippen LogP contribution in [0.3, 0.4) is 0 Å². The molecule has 0 saturated carbocycles. The number of dihydropyridines is 1. The number of pyridine rings is 1. The highest BCUT2D eigenvalue weighted by molar-refractivity contribution is 7.24. The summed E-state index contributed by atoms with van der Waals surface area (Å²) in [5, 5.41) is 10.7. The monoisotopic (exact) mass is 687 g/mol. The van der Waals surface area contributed by atoms with Crippen LogP contribution in [0.5, 0.6) is 0 Å². The quantitative estimate of drug-likeness (QED) is 0.183. The summed E-state index contributed by atoms with van der Waals surface area (Å²) in [6.45, 7) is 0.789. The van der Waals surface area contributed by atoms with Crippen LogP contribution >= 0.6 is 11.3 Å². The lowest BCUT2D eigenvalue weighted by molar-refractivity contribution is 0.844. The highest BCUT2D eigenvalue weighted by atomic mass is 32.1. The number of thiophene rings is 1. The van der Waals surface area contributed by atoms with E-state index in [1.807, 2.05) is 42.1 Å². The van der Waals surface area contributed by atoms with Gasteiger partial charge in [-0.1, -0.05) is 103 Å². The number of nitrogens with zero attached hydrogens (tertiary/aromatic N) is 3. The SMILES string of the molecule is C1=CC(C2=CC(c3cccc(-n4c5ccccc5c5c6sc(-c7ccccc7)c(-c7ccccc7)c6ccc54)c3)N=C(c3ccncc3)N2)=CCN1. The van der Waals surface area contributed by atoms with Gasteiger partial charge in [-0.15, -0.1) is 11.3 Å². The predicted molar refractivity (Wildman–Crippen MR) is 217 cm³/mol. The van der Waals surface area contributed by atoms with E-state index in [0.717, 1.165) is 40.5 Å². The Hall–Kier alpha value is -6.50. The highest BCUT2D eigenvalue weighted by Crippen LogP contribution is 2.49. The molecule has 10 rings (SSSR count). The van der Waals surface area contributed by atoms with Gasteiger partial charge in [0.2, 0.25) is 0 Å². The van der Waals surface area contributed by atoms with Crippen LogP contribution in [0.1, 0.15) is 17.2 Å². The van der Waals surface area contributed by atoms with Gasteiger partial charge in [0.1, 0.15) is 5.84 Å². The van der Waals surface area contributed by atoms with Gasteiger partial charge in [0.05, 0.1) is 17.1 Å². The second-order valence-corrected chi connectivity index (χ2v) is 14.1. The fraction of sp³-hybridized carbons (Fsp3) is 0.0435. The van der Waals surface area contributed by atoms with Crippen LogP contribution in [-0.4, -0.2) is 21.9 Å². The first-order valence-electron chi connectivity index (χ1n) is 17.6. The number of para-hydroxylation sites is 1. The Morgan fingerprint density at radius 1 is 0.692 bits per heavy atom. The molecule has 1 unspecified atom stereocenters. The third-order valence-electron chi connectivity index (χ3n) is 9.99. The van der Waals surface area contributed by atoms with Gasteiger partial charge in [0.25, 0.3) is 0 Å². The Balaban J connectivity index is 1.17. The second-order valence-electron chi connectivity index (χ2n) is 13.1. The number of amidine groups is 1. The molecule has 0 fully saturated rings. The summed E-state index contributed by atoms with van der Waals surface area (Å²) >= 11 is 1.90. The molecule has 0 spiro atoms. The van der Waals surface area contributed by atoms with Gasteiger partial charge in [-0.25, -0.2) is 0 Å². The van der Waals surface area contributed by atoms with Crippen molar-refractivity contribution in [3.8, 4) is 27.3 Å². The molecule has 5 nitrogen and oxygen atoms in total. The minimum atomic E-state index is -0.178. The largest absolute Gasteiger partial charge is 0.387 e. The normalized spacial score (nSPS) is 15.6. The van der Waals surface area contributed by atoms with Gasteiger partial charge < -0.3 is 15.2 Å². The number of rotatable bonds is 6. The Morgan fingerprint density at radius 3 is 2.29 bits per heavy atom. The number of aromatic nitrogens is 2. The Morgan fingerprint density at radius 2 is 1.48 bits per heavy atom. The van der Waals surface area contributed by atoms with Gasteiger partial charge in [-0.3, -0.25) is 9.98 Å². The van der Waals surface area contributed by atoms with E-state index in [0.29, 0.717) is 0 Å². The van der Waals surface area contributed by atoms with Crippen LogP contribution in [-0.2, 0) is 0 Å². The van der Waals surface area contributed by atoms with Gasteiger partial charge in [-0.05, 0) is 77.0 Å². The molecule has 0 saturated heterocycles. The number of allylic oxidation sites excluding steroid dienone is 1. The summed E-state index contributed by atoms with van der Waals surface area (Å²) in [4.78, 5) is 10.8. The fourth-order valence-corrected chi connectivity index (χ4v) is 8.99. The van der Waals surface area contributed by atoms with Gasteiger partial charge in [-0.2, -0.15) is 0 Å². The summed E-state index contributed by atoms with van der Waals surface area (Å²) < 4.78 is 3.73. The predicted octanol–water partition coefficient (Wildman–Crippen LogP) is 10.7. The first kappa shape index (κ1) is 30.3. The van der Waals surface area contributed by atoms with Crippen LogP contribution in [0.15, 0.2) is 187 Å². The number of benzene rings is 5. The zero-order valence-corrected chi connectivity index (χ0v) is 29.0. The van der Waals surface area contributed by atoms with E-state index in [9.17, 15) is 0 Å². The average Bonchev–Trinajstić information content (AvgIpc) is 3.78. The molecule has 248 valence electrons. The van der Waals surface area contributed by atoms with Crippen LogP contribution in [0.25, 0.3) is 59.1 Å². The maximum atomic E-state index is 5.25. The van der Waals surface area contributed by atoms with Gasteiger partial charge in [0, 0.05) is 67.2 Å². The second kappa shape index (κ2) is 12.7. The average molecular weight is 688 g/mol. The molecule has 0 bridgehead atoms. The van der Waals surface area contributed by atoms with Gasteiger partial charge >= 0.3 is 0 Å². The zero-order valence-electron chi connectivity index (χ0n) is 28.2. The van der Waals surface area contributed by atoms with Crippen molar-refractivity contribution in [3.05, 3.63) is 193 Å². The number of nitrogens with one attached hydrogen (secondary N) is 2. The smallest absolute Gasteiger partial charge is 0.133 e. The zero-order chi connectivity index (χ0) is 34.4. The number of aliphatic imine (C=N–C) groups is 1. The molecule has 2 aliphatic heterocycles. The minimum Gasteiger partial charge on any atom is -0.387 e. The van der Waals surface area contributed by atoms with Crippen LogP contribution in [0.2, 0.25) is 0 Å². The van der Waals surface area contributed by atoms with E-state index in [1.54, 1.807) is 0 Å². The van der Waals surface area contributed by atoms with Crippen molar-refractivity contribution >= 4 is 49.1 Å². The Kier molecular flexibility index (Phi) is 7.40. The van der Waals surface area contributed by atoms with Crippen molar-refractivity contribution in [3.63, 3.8) is 0 Å². The van der Waals surface area contributed by atoms with Crippen molar-refractivity contribution in [2.75, 3.05) is 6.54 Å².